The fourth-order valence-electron chi connectivity index (χ4n) is 11.1. The van der Waals surface area contributed by atoms with E-state index >= 15 is 0 Å². The Labute approximate surface area is 614 Å². The largest absolute Gasteiger partial charge is 0.511 e. The zero-order chi connectivity index (χ0) is 75.2. The number of azo groups is 1. The fourth-order valence-corrected chi connectivity index (χ4v) is 12.7. The third-order valence-corrected chi connectivity index (χ3v) is 17.9. The zero-order valence-electron chi connectivity index (χ0n) is 61.2. The number of urea groups is 1. The number of nitrogens with two attached hydrogens (primary N) is 1. The van der Waals surface area contributed by atoms with Crippen LogP contribution >= 0.6 is 11.8 Å². The number of amides is 9. The van der Waals surface area contributed by atoms with Crippen molar-refractivity contribution in [3.05, 3.63) is 65.6 Å². The number of thioether (sulfide) groups is 1. The zero-order valence-corrected chi connectivity index (χ0v) is 62.0. The number of hydrogen-bond donors (Lipinski definition) is 12. The van der Waals surface area contributed by atoms with Gasteiger partial charge < -0.3 is 81.9 Å². The van der Waals surface area contributed by atoms with Crippen molar-refractivity contribution >= 4 is 88.2 Å². The predicted molar refractivity (Wildman–Crippen MR) is 394 cm³/mol. The lowest BCUT2D eigenvalue weighted by molar-refractivity contribution is -0.129. The number of hydrazine groups is 1. The van der Waals surface area contributed by atoms with Crippen molar-refractivity contribution in [2.75, 3.05) is 117 Å². The molecule has 2 fully saturated rings. The number of ether oxygens (including phenoxy) is 6. The van der Waals surface area contributed by atoms with Crippen LogP contribution in [0.15, 0.2) is 80.3 Å². The van der Waals surface area contributed by atoms with E-state index in [4.69, 9.17) is 39.3 Å². The van der Waals surface area contributed by atoms with E-state index in [9.17, 15) is 48.3 Å². The maximum absolute atomic E-state index is 13.6. The number of carbonyl (C=O) groups is 9. The minimum atomic E-state index is -0.827. The number of nitrogens with one attached hydrogen (secondary N) is 10. The summed E-state index contributed by atoms with van der Waals surface area (Å²) in [5.41, 5.74) is 5.49. The van der Waals surface area contributed by atoms with E-state index in [2.05, 4.69) is 73.7 Å². The van der Waals surface area contributed by atoms with E-state index in [0.29, 0.717) is 177 Å². The Bertz CT molecular complexity index is 3120. The first-order valence-electron chi connectivity index (χ1n) is 36.3. The van der Waals surface area contributed by atoms with Crippen LogP contribution < -0.4 is 59.2 Å². The summed E-state index contributed by atoms with van der Waals surface area (Å²) in [6.45, 7) is 14.2. The Hall–Kier alpha value is -8.37. The molecule has 1 aliphatic carbocycles. The molecule has 1 aromatic carbocycles. The highest BCUT2D eigenvalue weighted by Crippen LogP contribution is 2.37. The second-order valence-corrected chi connectivity index (χ2v) is 28.3. The van der Waals surface area contributed by atoms with Crippen LogP contribution in [-0.4, -0.2) is 215 Å². The number of rotatable bonds is 51. The van der Waals surface area contributed by atoms with Crippen molar-refractivity contribution in [2.45, 2.75) is 186 Å². The molecule has 1 aromatic heterocycles. The molecule has 3 aliphatic rings. The molecule has 3 heterocycles. The molecule has 2 aliphatic heterocycles. The number of pyridine rings is 1. The van der Waals surface area contributed by atoms with Gasteiger partial charge >= 0.3 is 12.1 Å². The number of aromatic nitrogens is 1. The lowest BCUT2D eigenvalue weighted by Crippen LogP contribution is -2.47. The first kappa shape index (κ1) is 86.3. The highest BCUT2D eigenvalue weighted by molar-refractivity contribution is 8.00. The van der Waals surface area contributed by atoms with E-state index in [1.54, 1.807) is 51.1 Å². The normalized spacial score (nSPS) is 16.8. The SMILES string of the molecule is CC1(C)CC(=O)C(C(CCCCC(=O)NCCCC[C@H](NC(=O)CCCCCNC(=O)c2ccc(NNC(=O)OC(C)(C)C)nc2)C(=O)NCCCOCCOCCOCCCNC(=O)CCCCC2SC[C@@H]3NC(=O)N[C@H]23)=NCCOCCOCCNC(=O)C(N=Nc2ccccc2)=NN)=C(O)C1. The number of hydrazone groups is 1. The number of nitrogens with zero attached hydrogens (tertiary/aromatic N) is 5. The third-order valence-electron chi connectivity index (χ3n) is 16.3. The minimum Gasteiger partial charge on any atom is -0.511 e. The molecular weight excluding hydrogens is 1360 g/mol. The highest BCUT2D eigenvalue weighted by atomic mass is 32.2. The molecule has 2 saturated heterocycles. The monoisotopic (exact) mass is 1480 g/mol. The van der Waals surface area contributed by atoms with Crippen LogP contribution in [0.25, 0.3) is 0 Å². The van der Waals surface area contributed by atoms with Crippen LogP contribution in [0.1, 0.15) is 167 Å². The van der Waals surface area contributed by atoms with E-state index in [0.717, 1.165) is 25.0 Å². The number of anilines is 1. The van der Waals surface area contributed by atoms with Crippen LogP contribution in [0, 0.1) is 5.41 Å². The Balaban J connectivity index is 0.957. The average Bonchev–Trinajstić information content (AvgIpc) is 1.28. The summed E-state index contributed by atoms with van der Waals surface area (Å²) in [6, 6.07) is 11.4. The van der Waals surface area contributed by atoms with Gasteiger partial charge in [-0.25, -0.2) is 20.0 Å². The van der Waals surface area contributed by atoms with Crippen molar-refractivity contribution in [1.29, 1.82) is 0 Å². The number of Topliss-reactive ketones (excluding diaryl/α,β-unsaturated/α-hetero) is 1. The standard InChI is InChI=1S/C71H112N16O16S/c1-70(2,3)103-69(97)87-85-58-29-28-50(48-79-58)65(93)76-31-16-7-10-27-61(92)80-53(66(94)77-33-19-37-99-41-45-102-44-40-98-36-18-32-75-60(91)26-14-12-24-57-63-54(49-104-57)81-68(96)82-63)23-15-17-30-74-59(90)25-13-11-22-52(62-55(88)46-71(4,5)47-56(62)89)73-34-38-100-42-43-101-39-35-78-67(95)64(83-72)86-84-51-20-8-6-9-21-51/h6,8-9,20-21,28-29,48,53-54,57,63,88H,7,10-19,22-27,30-47,49,72H2,1-5H3,(H,74,90)(H,75,91)(H,76,93)(H,77,94)(H,78,95)(H,79,85)(H,80,92)(H,87,97)(H2,81,82,96)/t53-,54-,57?,63-/m0/s1. The molecule has 0 saturated carbocycles. The van der Waals surface area contributed by atoms with Gasteiger partial charge in [0.15, 0.2) is 5.78 Å². The number of allylic oxidation sites excluding steroid dienone is 2. The van der Waals surface area contributed by atoms with E-state index in [1.165, 1.54) is 12.3 Å². The summed E-state index contributed by atoms with van der Waals surface area (Å²) in [5, 5.41) is 45.8. The molecular formula is C71H112N16O16S. The number of fused-ring (bicyclic) bond motifs is 1. The molecule has 0 radical (unpaired) electrons. The van der Waals surface area contributed by atoms with Gasteiger partial charge in [0.05, 0.1) is 88.3 Å². The van der Waals surface area contributed by atoms with Gasteiger partial charge in [0, 0.05) is 101 Å². The number of aliphatic imine (C=N–C) groups is 1. The Morgan fingerprint density at radius 3 is 1.96 bits per heavy atom. The van der Waals surface area contributed by atoms with Crippen molar-refractivity contribution < 1.29 is 76.7 Å². The lowest BCUT2D eigenvalue weighted by atomic mass is 9.75. The lowest BCUT2D eigenvalue weighted by Gasteiger charge is -2.30. The summed E-state index contributed by atoms with van der Waals surface area (Å²) in [7, 11) is 0. The van der Waals surface area contributed by atoms with Crippen molar-refractivity contribution in [1.82, 2.24) is 52.9 Å². The van der Waals surface area contributed by atoms with Crippen molar-refractivity contribution in [3.63, 3.8) is 0 Å². The molecule has 5 rings (SSSR count). The molecule has 578 valence electrons. The number of hydrogen-bond acceptors (Lipinski definition) is 23. The van der Waals surface area contributed by atoms with Crippen molar-refractivity contribution in [3.8, 4) is 0 Å². The third kappa shape index (κ3) is 36.9. The molecule has 1 unspecified atom stereocenters. The topological polar surface area (TPSA) is 438 Å². The number of ketones is 1. The highest BCUT2D eigenvalue weighted by Gasteiger charge is 2.42. The van der Waals surface area contributed by atoms with Gasteiger partial charge in [-0.15, -0.1) is 10.2 Å². The molecule has 4 atom stereocenters. The first-order chi connectivity index (χ1) is 50.1. The summed E-state index contributed by atoms with van der Waals surface area (Å²) in [6.07, 6.45) is 10.5. The number of unbranched alkanes of at least 4 members (excludes halogenated alkanes) is 5. The summed E-state index contributed by atoms with van der Waals surface area (Å²) in [5.74, 6) is 4.38. The van der Waals surface area contributed by atoms with Gasteiger partial charge in [-0.1, -0.05) is 44.9 Å². The second kappa shape index (κ2) is 49.4. The number of benzene rings is 1. The first-order valence-corrected chi connectivity index (χ1v) is 37.3. The van der Waals surface area contributed by atoms with E-state index < -0.39 is 29.1 Å². The number of aliphatic hydroxyl groups is 1. The van der Waals surface area contributed by atoms with Crippen LogP contribution in [0.2, 0.25) is 0 Å². The van der Waals surface area contributed by atoms with Crippen LogP contribution in [0.5, 0.6) is 0 Å². The molecule has 32 nitrogen and oxygen atoms in total. The summed E-state index contributed by atoms with van der Waals surface area (Å²) in [4.78, 5) is 123. The summed E-state index contributed by atoms with van der Waals surface area (Å²) >= 11 is 1.88. The maximum Gasteiger partial charge on any atom is 0.426 e. The molecule has 9 amide bonds. The second-order valence-electron chi connectivity index (χ2n) is 27.0. The molecule has 2 aromatic rings. The molecule has 33 heteroatoms. The molecule has 104 heavy (non-hydrogen) atoms. The van der Waals surface area contributed by atoms with Crippen LogP contribution in [0.3, 0.4) is 0 Å². The van der Waals surface area contributed by atoms with Gasteiger partial charge in [-0.05, 0) is 128 Å². The maximum atomic E-state index is 13.6. The average molecular weight is 1480 g/mol. The Morgan fingerprint density at radius 1 is 0.673 bits per heavy atom. The smallest absolute Gasteiger partial charge is 0.426 e. The number of amidine groups is 1. The van der Waals surface area contributed by atoms with Gasteiger partial charge in [0.2, 0.25) is 23.6 Å². The Morgan fingerprint density at radius 2 is 1.29 bits per heavy atom. The predicted octanol–water partition coefficient (Wildman–Crippen LogP) is 6.19. The van der Waals surface area contributed by atoms with Gasteiger partial charge in [-0.2, -0.15) is 16.9 Å². The number of aliphatic hydroxyl groups excluding tert-OH is 1. The van der Waals surface area contributed by atoms with Crippen molar-refractivity contribution in [2.24, 2.45) is 31.6 Å². The van der Waals surface area contributed by atoms with Crippen LogP contribution in [0.4, 0.5) is 21.1 Å². The summed E-state index contributed by atoms with van der Waals surface area (Å²) < 4.78 is 33.5. The molecule has 13 N–H and O–H groups in total. The Kier molecular flexibility index (Phi) is 41.0. The van der Waals surface area contributed by atoms with E-state index in [1.807, 2.05) is 31.7 Å². The van der Waals surface area contributed by atoms with E-state index in [-0.39, 0.29) is 129 Å². The van der Waals surface area contributed by atoms with Gasteiger partial charge in [0.1, 0.15) is 23.2 Å². The minimum absolute atomic E-state index is 0.000990. The van der Waals surface area contributed by atoms with Gasteiger partial charge in [-0.3, -0.25) is 44.0 Å². The quantitative estimate of drug-likeness (QED) is 0.00668. The number of carbonyl (C=O) groups excluding carboxylic acids is 9. The molecule has 0 spiro atoms. The molecule has 0 bridgehead atoms. The van der Waals surface area contributed by atoms with Crippen LogP contribution in [-0.2, 0) is 57.2 Å². The van der Waals surface area contributed by atoms with Gasteiger partial charge in [0.25, 0.3) is 17.6 Å². The fraction of sp³-hybridized carbons (Fsp3) is 0.662.